The van der Waals surface area contributed by atoms with Crippen LogP contribution in [0.15, 0.2) is 0 Å². The van der Waals surface area contributed by atoms with Crippen molar-refractivity contribution >= 4 is 0 Å². The largest absolute Gasteiger partial charge is 0.327 e. The molecule has 1 nitrogen and oxygen atoms in total. The van der Waals surface area contributed by atoms with E-state index in [0.717, 1.165) is 11.8 Å². The smallest absolute Gasteiger partial charge is 0.00619 e. The van der Waals surface area contributed by atoms with Crippen LogP contribution < -0.4 is 5.73 Å². The summed E-state index contributed by atoms with van der Waals surface area (Å²) in [5.74, 6) is 2.59. The van der Waals surface area contributed by atoms with Crippen molar-refractivity contribution < 1.29 is 0 Å². The van der Waals surface area contributed by atoms with E-state index in [-0.39, 0.29) is 0 Å². The van der Waals surface area contributed by atoms with Crippen LogP contribution in [0.1, 0.15) is 59.3 Å². The second-order valence-electron chi connectivity index (χ2n) is 5.62. The Morgan fingerprint density at radius 2 is 2.00 bits per heavy atom. The van der Waals surface area contributed by atoms with Crippen molar-refractivity contribution in [2.24, 2.45) is 23.5 Å². The normalized spacial score (nSPS) is 30.6. The third kappa shape index (κ3) is 4.00. The molecule has 2 N–H and O–H groups in total. The van der Waals surface area contributed by atoms with Gasteiger partial charge < -0.3 is 5.73 Å². The topological polar surface area (TPSA) is 26.0 Å². The Morgan fingerprint density at radius 3 is 2.57 bits per heavy atom. The predicted octanol–water partition coefficient (Wildman–Crippen LogP) is 3.58. The first-order valence-corrected chi connectivity index (χ1v) is 6.35. The van der Waals surface area contributed by atoms with Crippen molar-refractivity contribution in [2.75, 3.05) is 0 Å². The number of hydrogen-bond acceptors (Lipinski definition) is 1. The zero-order valence-electron chi connectivity index (χ0n) is 10.1. The van der Waals surface area contributed by atoms with Gasteiger partial charge in [-0.2, -0.15) is 0 Å². The lowest BCUT2D eigenvalue weighted by Crippen LogP contribution is -2.27. The van der Waals surface area contributed by atoms with Crippen LogP contribution >= 0.6 is 0 Å². The fraction of sp³-hybridized carbons (Fsp3) is 1.00. The van der Waals surface area contributed by atoms with Crippen molar-refractivity contribution in [1.29, 1.82) is 0 Å². The molecule has 1 aliphatic carbocycles. The molecule has 14 heavy (non-hydrogen) atoms. The van der Waals surface area contributed by atoms with E-state index in [4.69, 9.17) is 5.73 Å². The molecule has 0 radical (unpaired) electrons. The summed E-state index contributed by atoms with van der Waals surface area (Å²) in [7, 11) is 0. The van der Waals surface area contributed by atoms with E-state index in [1.165, 1.54) is 38.5 Å². The molecule has 1 aliphatic rings. The van der Waals surface area contributed by atoms with Gasteiger partial charge in [0.15, 0.2) is 0 Å². The van der Waals surface area contributed by atoms with Crippen LogP contribution in [0, 0.1) is 17.8 Å². The van der Waals surface area contributed by atoms with Crippen LogP contribution in [-0.4, -0.2) is 6.04 Å². The summed E-state index contributed by atoms with van der Waals surface area (Å²) in [6.45, 7) is 6.86. The lowest BCUT2D eigenvalue weighted by Gasteiger charge is -2.28. The van der Waals surface area contributed by atoms with Gasteiger partial charge in [0.25, 0.3) is 0 Å². The molecule has 0 amide bonds. The van der Waals surface area contributed by atoms with E-state index < -0.39 is 0 Å². The van der Waals surface area contributed by atoms with Gasteiger partial charge in [-0.15, -0.1) is 0 Å². The van der Waals surface area contributed by atoms with E-state index in [1.807, 2.05) is 0 Å². The van der Waals surface area contributed by atoms with E-state index >= 15 is 0 Å². The molecular weight excluding hydrogens is 170 g/mol. The van der Waals surface area contributed by atoms with E-state index in [0.29, 0.717) is 12.0 Å². The highest BCUT2D eigenvalue weighted by atomic mass is 14.6. The van der Waals surface area contributed by atoms with Gasteiger partial charge in [-0.1, -0.05) is 40.0 Å². The summed E-state index contributed by atoms with van der Waals surface area (Å²) < 4.78 is 0. The van der Waals surface area contributed by atoms with Gasteiger partial charge in [-0.25, -0.2) is 0 Å². The van der Waals surface area contributed by atoms with E-state index in [2.05, 4.69) is 20.8 Å². The van der Waals surface area contributed by atoms with E-state index in [9.17, 15) is 0 Å². The Morgan fingerprint density at radius 1 is 1.29 bits per heavy atom. The molecule has 0 aromatic carbocycles. The second kappa shape index (κ2) is 5.75. The Bertz CT molecular complexity index is 153. The van der Waals surface area contributed by atoms with Crippen LogP contribution in [0.5, 0.6) is 0 Å². The minimum Gasteiger partial charge on any atom is -0.327 e. The maximum Gasteiger partial charge on any atom is 0.00619 e. The minimum atomic E-state index is 0.423. The third-order valence-electron chi connectivity index (χ3n) is 3.81. The Balaban J connectivity index is 2.17. The average molecular weight is 197 g/mol. The lowest BCUT2D eigenvalue weighted by molar-refractivity contribution is 0.255. The fourth-order valence-corrected chi connectivity index (χ4v) is 2.58. The predicted molar refractivity (Wildman–Crippen MR) is 63.2 cm³/mol. The summed E-state index contributed by atoms with van der Waals surface area (Å²) in [6, 6.07) is 0.423. The Labute approximate surface area is 89.5 Å². The fourth-order valence-electron chi connectivity index (χ4n) is 2.58. The average Bonchev–Trinajstić information content (AvgIpc) is 2.14. The zero-order valence-corrected chi connectivity index (χ0v) is 10.1. The number of rotatable bonds is 4. The first-order valence-electron chi connectivity index (χ1n) is 6.35. The van der Waals surface area contributed by atoms with Gasteiger partial charge in [-0.3, -0.25) is 0 Å². The van der Waals surface area contributed by atoms with Crippen molar-refractivity contribution in [3.05, 3.63) is 0 Å². The van der Waals surface area contributed by atoms with Crippen molar-refractivity contribution in [3.8, 4) is 0 Å². The first-order chi connectivity index (χ1) is 6.59. The summed E-state index contributed by atoms with van der Waals surface area (Å²) in [5.41, 5.74) is 6.07. The maximum atomic E-state index is 6.07. The monoisotopic (exact) mass is 197 g/mol. The van der Waals surface area contributed by atoms with Crippen LogP contribution in [0.2, 0.25) is 0 Å². The van der Waals surface area contributed by atoms with Gasteiger partial charge in [0.2, 0.25) is 0 Å². The quantitative estimate of drug-likeness (QED) is 0.732. The highest BCUT2D eigenvalue weighted by molar-refractivity contribution is 4.73. The molecule has 1 rings (SSSR count). The minimum absolute atomic E-state index is 0.423. The molecule has 0 aromatic heterocycles. The van der Waals surface area contributed by atoms with Crippen molar-refractivity contribution in [2.45, 2.75) is 65.3 Å². The Hall–Kier alpha value is -0.0400. The standard InChI is InChI=1S/C13H27N/c1-10(2)13(14)8-7-12-6-4-5-11(3)9-12/h10-13H,4-9,14H2,1-3H3. The molecule has 0 saturated heterocycles. The second-order valence-corrected chi connectivity index (χ2v) is 5.62. The molecule has 0 spiro atoms. The van der Waals surface area contributed by atoms with E-state index in [1.54, 1.807) is 0 Å². The summed E-state index contributed by atoms with van der Waals surface area (Å²) in [6.07, 6.45) is 8.40. The maximum absolute atomic E-state index is 6.07. The van der Waals surface area contributed by atoms with Gasteiger partial charge >= 0.3 is 0 Å². The third-order valence-corrected chi connectivity index (χ3v) is 3.81. The van der Waals surface area contributed by atoms with Gasteiger partial charge in [0.05, 0.1) is 0 Å². The van der Waals surface area contributed by atoms with Crippen molar-refractivity contribution in [1.82, 2.24) is 0 Å². The lowest BCUT2D eigenvalue weighted by atomic mass is 9.79. The van der Waals surface area contributed by atoms with Crippen LogP contribution in [0.25, 0.3) is 0 Å². The number of hydrogen-bond donors (Lipinski definition) is 1. The summed E-state index contributed by atoms with van der Waals surface area (Å²) in [4.78, 5) is 0. The summed E-state index contributed by atoms with van der Waals surface area (Å²) >= 11 is 0. The number of nitrogens with two attached hydrogens (primary N) is 1. The van der Waals surface area contributed by atoms with Crippen LogP contribution in [-0.2, 0) is 0 Å². The summed E-state index contributed by atoms with van der Waals surface area (Å²) in [5, 5.41) is 0. The highest BCUT2D eigenvalue weighted by Gasteiger charge is 2.19. The highest BCUT2D eigenvalue weighted by Crippen LogP contribution is 2.31. The molecule has 1 heteroatoms. The molecule has 3 unspecified atom stereocenters. The van der Waals surface area contributed by atoms with Crippen LogP contribution in [0.3, 0.4) is 0 Å². The SMILES string of the molecule is CC1CCCC(CCC(N)C(C)C)C1. The molecule has 3 atom stereocenters. The molecule has 0 bridgehead atoms. The molecule has 1 fully saturated rings. The van der Waals surface area contributed by atoms with Gasteiger partial charge in [0.1, 0.15) is 0 Å². The van der Waals surface area contributed by atoms with Crippen LogP contribution in [0.4, 0.5) is 0 Å². The zero-order chi connectivity index (χ0) is 10.6. The molecule has 0 aliphatic heterocycles. The van der Waals surface area contributed by atoms with Crippen molar-refractivity contribution in [3.63, 3.8) is 0 Å². The first kappa shape index (κ1) is 12.0. The molecule has 84 valence electrons. The molecule has 0 heterocycles. The molecular formula is C13H27N. The molecule has 1 saturated carbocycles. The Kier molecular flexibility index (Phi) is 4.94. The van der Waals surface area contributed by atoms with Gasteiger partial charge in [0, 0.05) is 6.04 Å². The van der Waals surface area contributed by atoms with Gasteiger partial charge in [-0.05, 0) is 37.0 Å². The molecule has 0 aromatic rings.